The first kappa shape index (κ1) is 18.7. The zero-order valence-corrected chi connectivity index (χ0v) is 15.5. The number of amides is 3. The molecule has 4 N–H and O–H groups in total. The van der Waals surface area contributed by atoms with E-state index in [0.717, 1.165) is 37.9 Å². The van der Waals surface area contributed by atoms with Crippen molar-refractivity contribution in [3.63, 3.8) is 0 Å². The highest BCUT2D eigenvalue weighted by atomic mass is 16.2. The molecule has 3 rings (SSSR count). The largest absolute Gasteiger partial charge is 0.351 e. The highest BCUT2D eigenvalue weighted by Crippen LogP contribution is 2.30. The predicted octanol–water partition coefficient (Wildman–Crippen LogP) is 1.91. The quantitative estimate of drug-likeness (QED) is 0.649. The van der Waals surface area contributed by atoms with E-state index in [1.54, 1.807) is 0 Å². The number of benzene rings is 1. The number of carbonyl (C=O) groups is 2. The highest BCUT2D eigenvalue weighted by molar-refractivity contribution is 5.91. The van der Waals surface area contributed by atoms with Crippen LogP contribution in [0.15, 0.2) is 30.3 Å². The second-order valence-corrected chi connectivity index (χ2v) is 7.63. The number of carbonyl (C=O) groups excluding carboxylic acids is 2. The Labute approximate surface area is 155 Å². The molecule has 2 unspecified atom stereocenters. The smallest absolute Gasteiger partial charge is 0.315 e. The standard InChI is InChI=1S/C20H30N4O2/c1-15-13-21-12-9-17(15)23-18(25)20(10-5-6-11-20)24-19(26)22-14-16-7-3-2-4-8-16/h2-4,7-8,15,17,21H,5-6,9-14H2,1H3,(H,23,25)(H2,22,24,26). The van der Waals surface area contributed by atoms with Crippen LogP contribution >= 0.6 is 0 Å². The maximum Gasteiger partial charge on any atom is 0.315 e. The number of hydrogen-bond acceptors (Lipinski definition) is 3. The second kappa shape index (κ2) is 8.54. The van der Waals surface area contributed by atoms with Gasteiger partial charge >= 0.3 is 6.03 Å². The Bertz CT molecular complexity index is 613. The van der Waals surface area contributed by atoms with Gasteiger partial charge in [-0.2, -0.15) is 0 Å². The van der Waals surface area contributed by atoms with Gasteiger partial charge in [0, 0.05) is 12.6 Å². The number of nitrogens with one attached hydrogen (secondary N) is 4. The van der Waals surface area contributed by atoms with Gasteiger partial charge in [0.1, 0.15) is 5.54 Å². The summed E-state index contributed by atoms with van der Waals surface area (Å²) >= 11 is 0. The lowest BCUT2D eigenvalue weighted by atomic mass is 9.91. The summed E-state index contributed by atoms with van der Waals surface area (Å²) < 4.78 is 0. The monoisotopic (exact) mass is 358 g/mol. The first-order valence-corrected chi connectivity index (χ1v) is 9.71. The molecule has 0 radical (unpaired) electrons. The lowest BCUT2D eigenvalue weighted by Crippen LogP contribution is -2.62. The lowest BCUT2D eigenvalue weighted by molar-refractivity contribution is -0.128. The number of hydrogen-bond donors (Lipinski definition) is 4. The third-order valence-electron chi connectivity index (χ3n) is 5.64. The van der Waals surface area contributed by atoms with Crippen LogP contribution in [0.25, 0.3) is 0 Å². The van der Waals surface area contributed by atoms with Crippen molar-refractivity contribution in [2.45, 2.75) is 57.2 Å². The molecule has 1 saturated heterocycles. The van der Waals surface area contributed by atoms with Crippen LogP contribution in [0.3, 0.4) is 0 Å². The molecule has 0 bridgehead atoms. The summed E-state index contributed by atoms with van der Waals surface area (Å²) in [5, 5.41) is 12.4. The molecule has 1 aromatic rings. The molecule has 1 aliphatic heterocycles. The summed E-state index contributed by atoms with van der Waals surface area (Å²) in [6, 6.07) is 9.68. The van der Waals surface area contributed by atoms with Crippen molar-refractivity contribution in [2.75, 3.05) is 13.1 Å². The normalized spacial score (nSPS) is 24.7. The van der Waals surface area contributed by atoms with Gasteiger partial charge in [0.25, 0.3) is 0 Å². The molecule has 1 saturated carbocycles. The molecule has 0 spiro atoms. The SMILES string of the molecule is CC1CNCCC1NC(=O)C1(NC(=O)NCc2ccccc2)CCCC1. The van der Waals surface area contributed by atoms with Gasteiger partial charge < -0.3 is 21.3 Å². The summed E-state index contributed by atoms with van der Waals surface area (Å²) in [4.78, 5) is 25.4. The molecule has 0 aromatic heterocycles. The molecule has 6 heteroatoms. The van der Waals surface area contributed by atoms with Gasteiger partial charge in [-0.15, -0.1) is 0 Å². The average molecular weight is 358 g/mol. The number of piperidine rings is 1. The molecule has 2 fully saturated rings. The summed E-state index contributed by atoms with van der Waals surface area (Å²) in [5.74, 6) is 0.377. The van der Waals surface area contributed by atoms with Crippen molar-refractivity contribution >= 4 is 11.9 Å². The Morgan fingerprint density at radius 1 is 1.19 bits per heavy atom. The minimum Gasteiger partial charge on any atom is -0.351 e. The van der Waals surface area contributed by atoms with E-state index in [9.17, 15) is 9.59 Å². The van der Waals surface area contributed by atoms with E-state index in [-0.39, 0.29) is 18.0 Å². The Morgan fingerprint density at radius 2 is 1.92 bits per heavy atom. The Balaban J connectivity index is 1.58. The van der Waals surface area contributed by atoms with Crippen molar-refractivity contribution in [3.8, 4) is 0 Å². The average Bonchev–Trinajstić information content (AvgIpc) is 3.12. The fourth-order valence-corrected chi connectivity index (χ4v) is 3.96. The molecular weight excluding hydrogens is 328 g/mol. The minimum absolute atomic E-state index is 0.0244. The summed E-state index contributed by atoms with van der Waals surface area (Å²) in [5.41, 5.74) is 0.266. The molecule has 26 heavy (non-hydrogen) atoms. The third kappa shape index (κ3) is 4.55. The van der Waals surface area contributed by atoms with Crippen LogP contribution in [0.1, 0.15) is 44.6 Å². The van der Waals surface area contributed by atoms with Crippen LogP contribution in [0.5, 0.6) is 0 Å². The Kier molecular flexibility index (Phi) is 6.14. The van der Waals surface area contributed by atoms with Crippen LogP contribution in [0, 0.1) is 5.92 Å². The molecule has 3 amide bonds. The summed E-state index contributed by atoms with van der Waals surface area (Å²) in [7, 11) is 0. The number of rotatable bonds is 5. The Hall–Kier alpha value is -2.08. The van der Waals surface area contributed by atoms with Crippen molar-refractivity contribution in [1.29, 1.82) is 0 Å². The van der Waals surface area contributed by atoms with Crippen LogP contribution in [0.4, 0.5) is 4.79 Å². The van der Waals surface area contributed by atoms with E-state index < -0.39 is 5.54 Å². The van der Waals surface area contributed by atoms with Gasteiger partial charge in [-0.1, -0.05) is 50.1 Å². The van der Waals surface area contributed by atoms with Crippen LogP contribution < -0.4 is 21.3 Å². The van der Waals surface area contributed by atoms with E-state index in [4.69, 9.17) is 0 Å². The van der Waals surface area contributed by atoms with E-state index >= 15 is 0 Å². The van der Waals surface area contributed by atoms with E-state index in [0.29, 0.717) is 25.3 Å². The van der Waals surface area contributed by atoms with Gasteiger partial charge in [0.15, 0.2) is 0 Å². The highest BCUT2D eigenvalue weighted by Gasteiger charge is 2.43. The van der Waals surface area contributed by atoms with Crippen molar-refractivity contribution in [3.05, 3.63) is 35.9 Å². The third-order valence-corrected chi connectivity index (χ3v) is 5.64. The zero-order chi connectivity index (χ0) is 18.4. The maximum absolute atomic E-state index is 13.0. The lowest BCUT2D eigenvalue weighted by Gasteiger charge is -2.35. The molecule has 2 atom stereocenters. The number of urea groups is 1. The molecule has 142 valence electrons. The van der Waals surface area contributed by atoms with Crippen molar-refractivity contribution < 1.29 is 9.59 Å². The molecule has 1 aromatic carbocycles. The van der Waals surface area contributed by atoms with Crippen LogP contribution in [-0.2, 0) is 11.3 Å². The first-order chi connectivity index (χ1) is 12.6. The molecule has 1 aliphatic carbocycles. The molecule has 2 aliphatic rings. The van der Waals surface area contributed by atoms with Gasteiger partial charge in [-0.25, -0.2) is 4.79 Å². The van der Waals surface area contributed by atoms with E-state index in [1.165, 1.54) is 0 Å². The molecule has 1 heterocycles. The van der Waals surface area contributed by atoms with E-state index in [1.807, 2.05) is 30.3 Å². The minimum atomic E-state index is -0.772. The predicted molar refractivity (Wildman–Crippen MR) is 102 cm³/mol. The van der Waals surface area contributed by atoms with Gasteiger partial charge in [-0.05, 0) is 43.8 Å². The van der Waals surface area contributed by atoms with Gasteiger partial charge in [0.05, 0.1) is 0 Å². The Morgan fingerprint density at radius 3 is 2.62 bits per heavy atom. The van der Waals surface area contributed by atoms with Gasteiger partial charge in [-0.3, -0.25) is 4.79 Å². The molecular formula is C20H30N4O2. The van der Waals surface area contributed by atoms with Crippen LogP contribution in [0.2, 0.25) is 0 Å². The van der Waals surface area contributed by atoms with Gasteiger partial charge in [0.2, 0.25) is 5.91 Å². The summed E-state index contributed by atoms with van der Waals surface area (Å²) in [6.07, 6.45) is 4.28. The van der Waals surface area contributed by atoms with Crippen molar-refractivity contribution in [1.82, 2.24) is 21.3 Å². The van der Waals surface area contributed by atoms with Crippen LogP contribution in [-0.4, -0.2) is 36.6 Å². The molecule has 6 nitrogen and oxygen atoms in total. The van der Waals surface area contributed by atoms with Crippen molar-refractivity contribution in [2.24, 2.45) is 5.92 Å². The summed E-state index contributed by atoms with van der Waals surface area (Å²) in [6.45, 7) is 4.45. The fraction of sp³-hybridized carbons (Fsp3) is 0.600. The first-order valence-electron chi connectivity index (χ1n) is 9.71. The van der Waals surface area contributed by atoms with E-state index in [2.05, 4.69) is 28.2 Å². The fourth-order valence-electron chi connectivity index (χ4n) is 3.96. The maximum atomic E-state index is 13.0. The zero-order valence-electron chi connectivity index (χ0n) is 15.5. The second-order valence-electron chi connectivity index (χ2n) is 7.63. The topological polar surface area (TPSA) is 82.3 Å².